The van der Waals surface area contributed by atoms with Gasteiger partial charge in [-0.25, -0.2) is 0 Å². The van der Waals surface area contributed by atoms with Crippen molar-refractivity contribution in [2.45, 2.75) is 64.8 Å². The first kappa shape index (κ1) is 27.4. The average Bonchev–Trinajstić information content (AvgIpc) is 2.82. The molecule has 0 bridgehead atoms. The molecule has 3 rings (SSSR count). The molecule has 2 N–H and O–H groups in total. The highest BCUT2D eigenvalue weighted by atomic mass is 35.5. The Morgan fingerprint density at radius 2 is 1.91 bits per heavy atom. The Kier molecular flexibility index (Phi) is 13.8. The summed E-state index contributed by atoms with van der Waals surface area (Å²) in [4.78, 5) is 21.0. The third kappa shape index (κ3) is 9.69. The lowest BCUT2D eigenvalue weighted by atomic mass is 9.84. The molecule has 1 aromatic heterocycles. The molecule has 7 heteroatoms. The molecule has 0 radical (unpaired) electrons. The van der Waals surface area contributed by atoms with E-state index in [1.165, 1.54) is 37.7 Å². The standard InChI is InChI=1S/C23H31ClN2O.CH2O2.CH2O/c1-3-17-8-10-20(11-9-17)26-21-15-23(22(4-2)25-16-21)27-13-12-18-6-5-7-19(24)14-18;2-1-3;1-2/h5-7,14-17,20,26H,3-4,8-13H2,1-2H3;1H,(H,2,3);1H2. The highest BCUT2D eigenvalue weighted by Gasteiger charge is 2.20. The summed E-state index contributed by atoms with van der Waals surface area (Å²) in [7, 11) is 0. The fraction of sp³-hybridized carbons (Fsp3) is 0.480. The Hall–Kier alpha value is -2.60. The van der Waals surface area contributed by atoms with Gasteiger partial charge in [-0.2, -0.15) is 0 Å². The number of pyridine rings is 1. The summed E-state index contributed by atoms with van der Waals surface area (Å²) >= 11 is 6.06. The van der Waals surface area contributed by atoms with Gasteiger partial charge in [-0.3, -0.25) is 9.78 Å². The molecule has 0 amide bonds. The van der Waals surface area contributed by atoms with Crippen LogP contribution in [0, 0.1) is 5.92 Å². The maximum Gasteiger partial charge on any atom is 0.290 e. The zero-order valence-corrected chi connectivity index (χ0v) is 19.8. The first-order valence-corrected chi connectivity index (χ1v) is 11.5. The maximum absolute atomic E-state index is 8.36. The number of benzene rings is 1. The van der Waals surface area contributed by atoms with Gasteiger partial charge in [0.2, 0.25) is 0 Å². The van der Waals surface area contributed by atoms with E-state index >= 15 is 0 Å². The Morgan fingerprint density at radius 1 is 1.22 bits per heavy atom. The van der Waals surface area contributed by atoms with E-state index in [0.29, 0.717) is 12.6 Å². The van der Waals surface area contributed by atoms with E-state index in [0.717, 1.165) is 40.9 Å². The van der Waals surface area contributed by atoms with Crippen LogP contribution >= 0.6 is 11.6 Å². The number of nitrogens with one attached hydrogen (secondary N) is 1. The van der Waals surface area contributed by atoms with E-state index in [4.69, 9.17) is 31.0 Å². The van der Waals surface area contributed by atoms with E-state index in [1.807, 2.05) is 31.2 Å². The Labute approximate surface area is 196 Å². The van der Waals surface area contributed by atoms with Crippen molar-refractivity contribution in [3.05, 3.63) is 52.8 Å². The summed E-state index contributed by atoms with van der Waals surface area (Å²) in [6.07, 6.45) is 10.1. The van der Waals surface area contributed by atoms with Gasteiger partial charge in [-0.1, -0.05) is 44.0 Å². The van der Waals surface area contributed by atoms with Crippen molar-refractivity contribution in [1.82, 2.24) is 4.98 Å². The first-order chi connectivity index (χ1) is 15.6. The van der Waals surface area contributed by atoms with Crippen LogP contribution in [0.4, 0.5) is 5.69 Å². The Morgan fingerprint density at radius 3 is 2.50 bits per heavy atom. The zero-order chi connectivity index (χ0) is 23.8. The van der Waals surface area contributed by atoms with Gasteiger partial charge < -0.3 is 20.0 Å². The second kappa shape index (κ2) is 16.1. The number of anilines is 1. The van der Waals surface area contributed by atoms with Crippen molar-refractivity contribution in [3.8, 4) is 5.75 Å². The van der Waals surface area contributed by atoms with E-state index in [-0.39, 0.29) is 6.47 Å². The Balaban J connectivity index is 0.000000944. The highest BCUT2D eigenvalue weighted by molar-refractivity contribution is 6.30. The second-order valence-corrected chi connectivity index (χ2v) is 8.06. The molecule has 1 aliphatic rings. The highest BCUT2D eigenvalue weighted by Crippen LogP contribution is 2.29. The number of hydrogen-bond acceptors (Lipinski definition) is 5. The van der Waals surface area contributed by atoms with Gasteiger partial charge in [0.25, 0.3) is 6.47 Å². The topological polar surface area (TPSA) is 88.5 Å². The molecule has 1 aliphatic carbocycles. The summed E-state index contributed by atoms with van der Waals surface area (Å²) in [6, 6.07) is 10.6. The lowest BCUT2D eigenvalue weighted by Gasteiger charge is -2.29. The molecule has 2 aromatic rings. The smallest absolute Gasteiger partial charge is 0.290 e. The summed E-state index contributed by atoms with van der Waals surface area (Å²) in [5, 5.41) is 11.3. The van der Waals surface area contributed by atoms with Gasteiger partial charge in [0.05, 0.1) is 24.2 Å². The van der Waals surface area contributed by atoms with Crippen molar-refractivity contribution in [3.63, 3.8) is 0 Å². The minimum Gasteiger partial charge on any atom is -0.491 e. The third-order valence-corrected chi connectivity index (χ3v) is 5.83. The second-order valence-electron chi connectivity index (χ2n) is 7.63. The molecule has 0 spiro atoms. The molecule has 1 heterocycles. The van der Waals surface area contributed by atoms with Crippen LogP contribution in [-0.2, 0) is 22.4 Å². The molecule has 0 unspecified atom stereocenters. The molecule has 1 aromatic carbocycles. The maximum atomic E-state index is 8.36. The van der Waals surface area contributed by atoms with E-state index in [1.54, 1.807) is 0 Å². The fourth-order valence-corrected chi connectivity index (χ4v) is 4.08. The van der Waals surface area contributed by atoms with Gasteiger partial charge in [-0.15, -0.1) is 0 Å². The molecule has 1 saturated carbocycles. The number of hydrogen-bond donors (Lipinski definition) is 2. The lowest BCUT2D eigenvalue weighted by Crippen LogP contribution is -2.26. The van der Waals surface area contributed by atoms with Gasteiger partial charge >= 0.3 is 0 Å². The molecule has 1 fully saturated rings. The number of rotatable bonds is 8. The summed E-state index contributed by atoms with van der Waals surface area (Å²) in [5.41, 5.74) is 3.28. The summed E-state index contributed by atoms with van der Waals surface area (Å²) < 4.78 is 6.09. The normalized spacial score (nSPS) is 17.1. The van der Waals surface area contributed by atoms with E-state index < -0.39 is 0 Å². The summed E-state index contributed by atoms with van der Waals surface area (Å²) in [6.45, 7) is 6.80. The average molecular weight is 463 g/mol. The number of nitrogens with zero attached hydrogens (tertiary/aromatic N) is 1. The van der Waals surface area contributed by atoms with Crippen LogP contribution in [0.1, 0.15) is 57.2 Å². The fourth-order valence-electron chi connectivity index (χ4n) is 3.86. The molecule has 0 atom stereocenters. The van der Waals surface area contributed by atoms with Gasteiger partial charge in [0, 0.05) is 23.6 Å². The number of carbonyl (C=O) groups excluding carboxylic acids is 1. The van der Waals surface area contributed by atoms with Crippen LogP contribution in [0.5, 0.6) is 5.75 Å². The number of carboxylic acid groups (broad SMARTS) is 1. The number of aromatic nitrogens is 1. The Bertz CT molecular complexity index is 795. The van der Waals surface area contributed by atoms with Crippen molar-refractivity contribution in [2.24, 2.45) is 5.92 Å². The number of carbonyl (C=O) groups is 2. The van der Waals surface area contributed by atoms with Crippen LogP contribution in [0.3, 0.4) is 0 Å². The summed E-state index contributed by atoms with van der Waals surface area (Å²) in [5.74, 6) is 1.81. The predicted octanol–water partition coefficient (Wildman–Crippen LogP) is 5.82. The van der Waals surface area contributed by atoms with E-state index in [9.17, 15) is 0 Å². The minimum atomic E-state index is -0.250. The van der Waals surface area contributed by atoms with E-state index in [2.05, 4.69) is 36.3 Å². The third-order valence-electron chi connectivity index (χ3n) is 5.60. The van der Waals surface area contributed by atoms with Gasteiger partial charge in [0.1, 0.15) is 12.5 Å². The first-order valence-electron chi connectivity index (χ1n) is 11.1. The number of aryl methyl sites for hydroxylation is 1. The molecule has 6 nitrogen and oxygen atoms in total. The van der Waals surface area contributed by atoms with Gasteiger partial charge in [0.15, 0.2) is 0 Å². The monoisotopic (exact) mass is 462 g/mol. The molecule has 0 saturated heterocycles. The van der Waals surface area contributed by atoms with Crippen LogP contribution < -0.4 is 10.1 Å². The minimum absolute atomic E-state index is 0.250. The predicted molar refractivity (Wildman–Crippen MR) is 130 cm³/mol. The van der Waals surface area contributed by atoms with Crippen molar-refractivity contribution in [2.75, 3.05) is 11.9 Å². The van der Waals surface area contributed by atoms with Crippen LogP contribution in [0.2, 0.25) is 5.02 Å². The largest absolute Gasteiger partial charge is 0.491 e. The quantitative estimate of drug-likeness (QED) is 0.481. The molecule has 176 valence electrons. The zero-order valence-electron chi connectivity index (χ0n) is 19.1. The number of ether oxygens (including phenoxy) is 1. The van der Waals surface area contributed by atoms with Crippen LogP contribution in [-0.4, -0.2) is 36.0 Å². The SMILES string of the molecule is C=O.CCc1ncc(NC2CCC(CC)CC2)cc1OCCc1cccc(Cl)c1.O=CO. The molecular formula is C25H35ClN2O4. The van der Waals surface area contributed by atoms with Crippen LogP contribution in [0.25, 0.3) is 0 Å². The number of halogens is 1. The molecule has 0 aliphatic heterocycles. The molecular weight excluding hydrogens is 428 g/mol. The van der Waals surface area contributed by atoms with Crippen molar-refractivity contribution >= 4 is 30.5 Å². The van der Waals surface area contributed by atoms with Crippen molar-refractivity contribution < 1.29 is 19.4 Å². The van der Waals surface area contributed by atoms with Crippen molar-refractivity contribution in [1.29, 1.82) is 0 Å². The molecule has 32 heavy (non-hydrogen) atoms. The van der Waals surface area contributed by atoms with Gasteiger partial charge in [-0.05, 0) is 55.7 Å². The lowest BCUT2D eigenvalue weighted by molar-refractivity contribution is -0.122. The van der Waals surface area contributed by atoms with Crippen LogP contribution in [0.15, 0.2) is 36.5 Å².